The molecule has 1 nitrogen and oxygen atoms in total. The van der Waals surface area contributed by atoms with Gasteiger partial charge in [0.15, 0.2) is 0 Å². The van der Waals surface area contributed by atoms with Crippen molar-refractivity contribution in [1.29, 1.82) is 0 Å². The summed E-state index contributed by atoms with van der Waals surface area (Å²) in [5.41, 5.74) is 3.72. The van der Waals surface area contributed by atoms with Gasteiger partial charge in [-0.2, -0.15) is 0 Å². The van der Waals surface area contributed by atoms with Crippen molar-refractivity contribution in [2.24, 2.45) is 0 Å². The predicted octanol–water partition coefficient (Wildman–Crippen LogP) is 4.72. The Balaban J connectivity index is 2.20. The molecule has 0 aliphatic rings. The zero-order valence-electron chi connectivity index (χ0n) is 13.4. The molecule has 19 heavy (non-hydrogen) atoms. The van der Waals surface area contributed by atoms with E-state index < -0.39 is 6.85 Å². The fourth-order valence-corrected chi connectivity index (χ4v) is 2.09. The fourth-order valence-electron chi connectivity index (χ4n) is 2.09. The van der Waals surface area contributed by atoms with Gasteiger partial charge in [0, 0.05) is 15.9 Å². The van der Waals surface area contributed by atoms with E-state index in [1.54, 1.807) is 12.3 Å². The average Bonchev–Trinajstić information content (AvgIpc) is 2.55. The summed E-state index contributed by atoms with van der Waals surface area (Å²) < 4.78 is 23.3. The molecule has 1 heteroatoms. The molecule has 0 bridgehead atoms. The SMILES string of the molecule is [2H]C([2H])([2H])c1ccc(-c2ccccn2)cc1-c1ccccc1. The molecule has 0 N–H and O–H groups in total. The highest BCUT2D eigenvalue weighted by Crippen LogP contribution is 2.28. The summed E-state index contributed by atoms with van der Waals surface area (Å²) in [6.07, 6.45) is 1.73. The van der Waals surface area contributed by atoms with Crippen LogP contribution in [0.5, 0.6) is 0 Å². The van der Waals surface area contributed by atoms with Crippen LogP contribution in [0.4, 0.5) is 0 Å². The van der Waals surface area contributed by atoms with Gasteiger partial charge in [-0.1, -0.05) is 48.5 Å². The number of nitrogens with zero attached hydrogens (tertiary/aromatic N) is 1. The summed E-state index contributed by atoms with van der Waals surface area (Å²) >= 11 is 0. The lowest BCUT2D eigenvalue weighted by atomic mass is 9.97. The highest BCUT2D eigenvalue weighted by atomic mass is 14.7. The van der Waals surface area contributed by atoms with Crippen LogP contribution in [-0.4, -0.2) is 4.98 Å². The summed E-state index contributed by atoms with van der Waals surface area (Å²) in [5.74, 6) is 0. The largest absolute Gasteiger partial charge is 0.256 e. The van der Waals surface area contributed by atoms with Gasteiger partial charge in [0.25, 0.3) is 0 Å². The van der Waals surface area contributed by atoms with Crippen molar-refractivity contribution in [1.82, 2.24) is 4.98 Å². The molecule has 1 heterocycles. The Kier molecular flexibility index (Phi) is 2.31. The molecule has 0 radical (unpaired) electrons. The Morgan fingerprint density at radius 1 is 0.842 bits per heavy atom. The predicted molar refractivity (Wildman–Crippen MR) is 79.8 cm³/mol. The molecular formula is C18H15N. The monoisotopic (exact) mass is 248 g/mol. The van der Waals surface area contributed by atoms with Crippen molar-refractivity contribution < 1.29 is 4.11 Å². The molecule has 0 saturated carbocycles. The molecule has 0 saturated heterocycles. The average molecular weight is 248 g/mol. The lowest BCUT2D eigenvalue weighted by molar-refractivity contribution is 1.32. The maximum Gasteiger partial charge on any atom is 0.0702 e. The van der Waals surface area contributed by atoms with Gasteiger partial charge in [0.05, 0.1) is 5.69 Å². The molecule has 0 spiro atoms. The van der Waals surface area contributed by atoms with Gasteiger partial charge >= 0.3 is 0 Å². The van der Waals surface area contributed by atoms with E-state index in [2.05, 4.69) is 4.98 Å². The zero-order valence-corrected chi connectivity index (χ0v) is 10.4. The van der Waals surface area contributed by atoms with Crippen molar-refractivity contribution in [2.75, 3.05) is 0 Å². The Labute approximate surface area is 117 Å². The van der Waals surface area contributed by atoms with Gasteiger partial charge in [-0.25, -0.2) is 0 Å². The fraction of sp³-hybridized carbons (Fsp3) is 0.0556. The Morgan fingerprint density at radius 2 is 1.68 bits per heavy atom. The molecule has 0 unspecified atom stereocenters. The van der Waals surface area contributed by atoms with Gasteiger partial charge < -0.3 is 0 Å². The molecule has 0 amide bonds. The molecule has 1 aromatic heterocycles. The summed E-state index contributed by atoms with van der Waals surface area (Å²) in [6, 6.07) is 20.7. The van der Waals surface area contributed by atoms with Crippen LogP contribution < -0.4 is 0 Å². The third kappa shape index (κ3) is 2.41. The molecule has 2 aromatic carbocycles. The van der Waals surface area contributed by atoms with Crippen LogP contribution in [-0.2, 0) is 0 Å². The Morgan fingerprint density at radius 3 is 2.42 bits per heavy atom. The quantitative estimate of drug-likeness (QED) is 0.639. The molecule has 0 aliphatic heterocycles. The third-order valence-corrected chi connectivity index (χ3v) is 3.07. The van der Waals surface area contributed by atoms with E-state index in [0.717, 1.165) is 22.4 Å². The third-order valence-electron chi connectivity index (χ3n) is 3.07. The second-order valence-corrected chi connectivity index (χ2v) is 4.34. The second kappa shape index (κ2) is 5.07. The minimum absolute atomic E-state index is 0.360. The lowest BCUT2D eigenvalue weighted by Crippen LogP contribution is -1.87. The number of rotatable bonds is 2. The van der Waals surface area contributed by atoms with E-state index in [1.165, 1.54) is 0 Å². The number of pyridine rings is 1. The van der Waals surface area contributed by atoms with Crippen LogP contribution in [0.25, 0.3) is 22.4 Å². The molecule has 3 aromatic rings. The van der Waals surface area contributed by atoms with Gasteiger partial charge in [-0.05, 0) is 41.7 Å². The molecular weight excluding hydrogens is 230 g/mol. The first-order valence-electron chi connectivity index (χ1n) is 7.67. The Bertz CT molecular complexity index is 765. The standard InChI is InChI=1S/C18H15N/c1-14-10-11-16(18-9-5-6-12-19-18)13-17(14)15-7-3-2-4-8-15/h2-13H,1H3/i1D3. The van der Waals surface area contributed by atoms with Crippen LogP contribution in [0.1, 0.15) is 9.68 Å². The van der Waals surface area contributed by atoms with E-state index in [9.17, 15) is 0 Å². The van der Waals surface area contributed by atoms with E-state index in [0.29, 0.717) is 5.56 Å². The van der Waals surface area contributed by atoms with Crippen LogP contribution in [0.3, 0.4) is 0 Å². The van der Waals surface area contributed by atoms with E-state index >= 15 is 0 Å². The van der Waals surface area contributed by atoms with Gasteiger partial charge in [0.1, 0.15) is 0 Å². The summed E-state index contributed by atoms with van der Waals surface area (Å²) in [7, 11) is 0. The maximum absolute atomic E-state index is 7.76. The molecule has 92 valence electrons. The van der Waals surface area contributed by atoms with Crippen LogP contribution >= 0.6 is 0 Å². The normalized spacial score (nSPS) is 13.4. The minimum Gasteiger partial charge on any atom is -0.256 e. The number of hydrogen-bond donors (Lipinski definition) is 0. The van der Waals surface area contributed by atoms with Crippen molar-refractivity contribution in [3.05, 3.63) is 78.5 Å². The van der Waals surface area contributed by atoms with Gasteiger partial charge in [-0.15, -0.1) is 0 Å². The van der Waals surface area contributed by atoms with Crippen LogP contribution in [0.2, 0.25) is 0 Å². The second-order valence-electron chi connectivity index (χ2n) is 4.34. The van der Waals surface area contributed by atoms with Crippen molar-refractivity contribution >= 4 is 0 Å². The molecule has 3 rings (SSSR count). The van der Waals surface area contributed by atoms with E-state index in [1.807, 2.05) is 60.7 Å². The number of aryl methyl sites for hydroxylation is 1. The highest BCUT2D eigenvalue weighted by molar-refractivity contribution is 5.74. The van der Waals surface area contributed by atoms with Gasteiger partial charge in [0.2, 0.25) is 0 Å². The van der Waals surface area contributed by atoms with E-state index in [4.69, 9.17) is 4.11 Å². The smallest absolute Gasteiger partial charge is 0.0702 e. The first-order valence-corrected chi connectivity index (χ1v) is 6.17. The zero-order chi connectivity index (χ0) is 15.6. The molecule has 0 aliphatic carbocycles. The van der Waals surface area contributed by atoms with Gasteiger partial charge in [-0.3, -0.25) is 4.98 Å². The number of benzene rings is 2. The number of aromatic nitrogens is 1. The topological polar surface area (TPSA) is 12.9 Å². The lowest BCUT2D eigenvalue weighted by Gasteiger charge is -2.09. The van der Waals surface area contributed by atoms with E-state index in [-0.39, 0.29) is 0 Å². The molecule has 0 atom stereocenters. The Hall–Kier alpha value is -2.41. The van der Waals surface area contributed by atoms with Crippen molar-refractivity contribution in [3.8, 4) is 22.4 Å². The molecule has 0 fully saturated rings. The number of hydrogen-bond acceptors (Lipinski definition) is 1. The first kappa shape index (κ1) is 8.65. The van der Waals surface area contributed by atoms with Crippen molar-refractivity contribution in [2.45, 2.75) is 6.85 Å². The first-order chi connectivity index (χ1) is 10.6. The van der Waals surface area contributed by atoms with Crippen LogP contribution in [0.15, 0.2) is 72.9 Å². The van der Waals surface area contributed by atoms with Crippen LogP contribution in [0, 0.1) is 6.85 Å². The summed E-state index contributed by atoms with van der Waals surface area (Å²) in [5, 5.41) is 0. The summed E-state index contributed by atoms with van der Waals surface area (Å²) in [4.78, 5) is 4.33. The summed E-state index contributed by atoms with van der Waals surface area (Å²) in [6.45, 7) is -2.15. The minimum atomic E-state index is -2.15. The maximum atomic E-state index is 7.76. The highest BCUT2D eigenvalue weighted by Gasteiger charge is 2.05. The van der Waals surface area contributed by atoms with Crippen molar-refractivity contribution in [3.63, 3.8) is 0 Å².